The molecule has 11 heavy (non-hydrogen) atoms. The van der Waals surface area contributed by atoms with Gasteiger partial charge in [-0.3, -0.25) is 10.1 Å². The predicted molar refractivity (Wildman–Crippen MR) is 44.1 cm³/mol. The Hall–Kier alpha value is -0.640. The smallest absolute Gasteiger partial charge is 0.203 e. The first-order valence-electron chi connectivity index (χ1n) is 3.77. The van der Waals surface area contributed by atoms with E-state index in [9.17, 15) is 10.1 Å². The van der Waals surface area contributed by atoms with E-state index in [2.05, 4.69) is 0 Å². The zero-order valence-corrected chi connectivity index (χ0v) is 7.41. The second-order valence-corrected chi connectivity index (χ2v) is 2.63. The Balaban J connectivity index is 0. The molecule has 0 aliphatic heterocycles. The van der Waals surface area contributed by atoms with Crippen molar-refractivity contribution in [2.45, 2.75) is 27.2 Å². The molecule has 0 aromatic carbocycles. The topological polar surface area (TPSA) is 63.4 Å². The molecule has 0 spiro atoms. The molecule has 0 aromatic heterocycles. The molecule has 0 aliphatic carbocycles. The van der Waals surface area contributed by atoms with E-state index < -0.39 is 0 Å². The van der Waals surface area contributed by atoms with Gasteiger partial charge < -0.3 is 5.11 Å². The lowest BCUT2D eigenvalue weighted by Crippen LogP contribution is -1.96. The summed E-state index contributed by atoms with van der Waals surface area (Å²) in [6.07, 6.45) is 0.632. The van der Waals surface area contributed by atoms with Gasteiger partial charge in [0.05, 0.1) is 0 Å². The first kappa shape index (κ1) is 13.0. The lowest BCUT2D eigenvalue weighted by molar-refractivity contribution is -0.479. The standard InChI is InChI=1S/C4H10O.C3H7NO2/c1-4(2)3-5;1-2-3-4(5)6/h4-5H,3H2,1-2H3;2-3H2,1H3. The highest BCUT2D eigenvalue weighted by Crippen LogP contribution is 1.83. The fourth-order valence-corrected chi connectivity index (χ4v) is 0.183. The Labute approximate surface area is 67.4 Å². The summed E-state index contributed by atoms with van der Waals surface area (Å²) in [5, 5.41) is 17.5. The Bertz CT molecular complexity index is 93.7. The first-order valence-corrected chi connectivity index (χ1v) is 3.77. The lowest BCUT2D eigenvalue weighted by Gasteiger charge is -1.90. The highest BCUT2D eigenvalue weighted by atomic mass is 16.6. The van der Waals surface area contributed by atoms with Crippen molar-refractivity contribution in [2.75, 3.05) is 13.2 Å². The summed E-state index contributed by atoms with van der Waals surface area (Å²) in [7, 11) is 0. The summed E-state index contributed by atoms with van der Waals surface area (Å²) >= 11 is 0. The third kappa shape index (κ3) is 26.7. The van der Waals surface area contributed by atoms with Crippen molar-refractivity contribution < 1.29 is 10.0 Å². The van der Waals surface area contributed by atoms with Crippen molar-refractivity contribution >= 4 is 0 Å². The van der Waals surface area contributed by atoms with Crippen LogP contribution in [0.1, 0.15) is 27.2 Å². The Kier molecular flexibility index (Phi) is 11.1. The summed E-state index contributed by atoms with van der Waals surface area (Å²) in [5.41, 5.74) is 0. The zero-order valence-electron chi connectivity index (χ0n) is 7.41. The van der Waals surface area contributed by atoms with Crippen LogP contribution in [0.3, 0.4) is 0 Å². The van der Waals surface area contributed by atoms with E-state index in [0.717, 1.165) is 0 Å². The van der Waals surface area contributed by atoms with Crippen LogP contribution in [-0.4, -0.2) is 23.2 Å². The summed E-state index contributed by atoms with van der Waals surface area (Å²) in [6, 6.07) is 0. The zero-order chi connectivity index (χ0) is 9.28. The molecule has 0 radical (unpaired) electrons. The first-order chi connectivity index (χ1) is 5.04. The van der Waals surface area contributed by atoms with Crippen LogP contribution in [0.2, 0.25) is 0 Å². The van der Waals surface area contributed by atoms with Crippen molar-refractivity contribution in [3.05, 3.63) is 10.1 Å². The number of aliphatic hydroxyl groups excluding tert-OH is 1. The van der Waals surface area contributed by atoms with E-state index in [1.165, 1.54) is 0 Å². The quantitative estimate of drug-likeness (QED) is 0.504. The molecule has 1 N–H and O–H groups in total. The van der Waals surface area contributed by atoms with Gasteiger partial charge in [-0.05, 0) is 5.92 Å². The highest BCUT2D eigenvalue weighted by Gasteiger charge is 1.85. The molecule has 0 rings (SSSR count). The van der Waals surface area contributed by atoms with Crippen LogP contribution in [0.15, 0.2) is 0 Å². The maximum Gasteiger partial charge on any atom is 0.203 e. The van der Waals surface area contributed by atoms with Gasteiger partial charge in [-0.2, -0.15) is 0 Å². The van der Waals surface area contributed by atoms with E-state index in [1.807, 2.05) is 13.8 Å². The van der Waals surface area contributed by atoms with Gasteiger partial charge in [0.2, 0.25) is 6.54 Å². The van der Waals surface area contributed by atoms with Crippen LogP contribution >= 0.6 is 0 Å². The van der Waals surface area contributed by atoms with Crippen molar-refractivity contribution in [3.8, 4) is 0 Å². The summed E-state index contributed by atoms with van der Waals surface area (Å²) in [4.78, 5) is 9.09. The third-order valence-corrected chi connectivity index (χ3v) is 0.771. The van der Waals surface area contributed by atoms with Gasteiger partial charge in [0.25, 0.3) is 0 Å². The SMILES string of the molecule is CC(C)CO.CCC[N+](=O)[O-]. The van der Waals surface area contributed by atoms with E-state index in [4.69, 9.17) is 5.11 Å². The fraction of sp³-hybridized carbons (Fsp3) is 1.00. The minimum absolute atomic E-state index is 0.0972. The Morgan fingerprint density at radius 3 is 1.91 bits per heavy atom. The molecule has 0 saturated carbocycles. The van der Waals surface area contributed by atoms with Crippen LogP contribution in [-0.2, 0) is 0 Å². The maximum absolute atomic E-state index is 9.40. The molecular formula is C7H17NO3. The molecule has 0 atom stereocenters. The van der Waals surface area contributed by atoms with E-state index in [1.54, 1.807) is 6.92 Å². The van der Waals surface area contributed by atoms with Crippen LogP contribution in [0.4, 0.5) is 0 Å². The van der Waals surface area contributed by atoms with Gasteiger partial charge in [-0.15, -0.1) is 0 Å². The number of aliphatic hydroxyl groups is 1. The fourth-order valence-electron chi connectivity index (χ4n) is 0.183. The molecule has 0 aliphatic rings. The van der Waals surface area contributed by atoms with Gasteiger partial charge in [0.15, 0.2) is 0 Å². The van der Waals surface area contributed by atoms with Gasteiger partial charge in [-0.25, -0.2) is 0 Å². The second kappa shape index (κ2) is 9.36. The maximum atomic E-state index is 9.40. The van der Waals surface area contributed by atoms with Crippen molar-refractivity contribution in [3.63, 3.8) is 0 Å². The molecule has 0 unspecified atom stereocenters. The van der Waals surface area contributed by atoms with Crippen LogP contribution < -0.4 is 0 Å². The molecule has 0 bridgehead atoms. The summed E-state index contributed by atoms with van der Waals surface area (Å²) in [5.74, 6) is 0.440. The van der Waals surface area contributed by atoms with Crippen molar-refractivity contribution in [2.24, 2.45) is 5.92 Å². The monoisotopic (exact) mass is 163 g/mol. The van der Waals surface area contributed by atoms with Crippen LogP contribution in [0.5, 0.6) is 0 Å². The number of rotatable bonds is 3. The van der Waals surface area contributed by atoms with Crippen LogP contribution in [0.25, 0.3) is 0 Å². The van der Waals surface area contributed by atoms with Crippen molar-refractivity contribution in [1.29, 1.82) is 0 Å². The van der Waals surface area contributed by atoms with Gasteiger partial charge in [0, 0.05) is 18.0 Å². The van der Waals surface area contributed by atoms with E-state index in [0.29, 0.717) is 18.9 Å². The molecule has 0 amide bonds. The largest absolute Gasteiger partial charge is 0.396 e. The average Bonchev–Trinajstić information content (AvgIpc) is 1.89. The molecule has 68 valence electrons. The Morgan fingerprint density at radius 1 is 1.55 bits per heavy atom. The number of hydrogen-bond donors (Lipinski definition) is 1. The van der Waals surface area contributed by atoms with E-state index in [-0.39, 0.29) is 11.5 Å². The van der Waals surface area contributed by atoms with Gasteiger partial charge >= 0.3 is 0 Å². The van der Waals surface area contributed by atoms with Crippen molar-refractivity contribution in [1.82, 2.24) is 0 Å². The molecule has 0 fully saturated rings. The number of hydrogen-bond acceptors (Lipinski definition) is 3. The summed E-state index contributed by atoms with van der Waals surface area (Å²) < 4.78 is 0. The normalized spacial score (nSPS) is 8.82. The molecular weight excluding hydrogens is 146 g/mol. The molecule has 0 heterocycles. The number of nitro groups is 1. The number of nitrogens with zero attached hydrogens (tertiary/aromatic N) is 1. The lowest BCUT2D eigenvalue weighted by atomic mass is 10.2. The molecule has 4 heteroatoms. The predicted octanol–water partition coefficient (Wildman–Crippen LogP) is 1.31. The minimum Gasteiger partial charge on any atom is -0.396 e. The average molecular weight is 163 g/mol. The van der Waals surface area contributed by atoms with Crippen LogP contribution in [0, 0.1) is 16.0 Å². The molecule has 4 nitrogen and oxygen atoms in total. The molecule has 0 saturated heterocycles. The van der Waals surface area contributed by atoms with Gasteiger partial charge in [-0.1, -0.05) is 20.8 Å². The van der Waals surface area contributed by atoms with E-state index >= 15 is 0 Å². The Morgan fingerprint density at radius 2 is 1.91 bits per heavy atom. The second-order valence-electron chi connectivity index (χ2n) is 2.63. The summed E-state index contributed by atoms with van der Waals surface area (Å²) in [6.45, 7) is 6.13. The highest BCUT2D eigenvalue weighted by molar-refractivity contribution is 4.32. The third-order valence-electron chi connectivity index (χ3n) is 0.771. The minimum atomic E-state index is -0.319. The molecule has 0 aromatic rings. The van der Waals surface area contributed by atoms with Gasteiger partial charge in [0.1, 0.15) is 0 Å².